The van der Waals surface area contributed by atoms with E-state index in [1.54, 1.807) is 25.1 Å². The number of carbonyl (C=O) groups excluding carboxylic acids is 1. The van der Waals surface area contributed by atoms with Gasteiger partial charge in [0.15, 0.2) is 11.6 Å². The predicted molar refractivity (Wildman–Crippen MR) is 115 cm³/mol. The fourth-order valence-electron chi connectivity index (χ4n) is 3.36. The first-order valence-corrected chi connectivity index (χ1v) is 10.1. The highest BCUT2D eigenvalue weighted by Crippen LogP contribution is 2.30. The second-order valence-corrected chi connectivity index (χ2v) is 7.69. The molecule has 170 valence electrons. The van der Waals surface area contributed by atoms with E-state index < -0.39 is 17.6 Å². The fourth-order valence-corrected chi connectivity index (χ4v) is 3.36. The van der Waals surface area contributed by atoms with E-state index in [0.717, 1.165) is 17.8 Å². The Morgan fingerprint density at radius 3 is 2.55 bits per heavy atom. The lowest BCUT2D eigenvalue weighted by Crippen LogP contribution is -2.16. The number of carbonyl (C=O) groups is 1. The molecule has 0 aliphatic rings. The Labute approximate surface area is 186 Å². The van der Waals surface area contributed by atoms with Crippen molar-refractivity contribution in [2.24, 2.45) is 0 Å². The van der Waals surface area contributed by atoms with E-state index in [0.29, 0.717) is 28.6 Å². The third-order valence-corrected chi connectivity index (χ3v) is 4.87. The van der Waals surface area contributed by atoms with Crippen LogP contribution >= 0.6 is 0 Å². The average molecular weight is 455 g/mol. The number of H-pyrrole nitrogens is 1. The van der Waals surface area contributed by atoms with Crippen molar-refractivity contribution in [1.82, 2.24) is 29.9 Å². The van der Waals surface area contributed by atoms with Gasteiger partial charge in [-0.25, -0.2) is 14.6 Å². The van der Waals surface area contributed by atoms with Crippen molar-refractivity contribution in [2.75, 3.05) is 5.32 Å². The van der Waals surface area contributed by atoms with Gasteiger partial charge in [-0.2, -0.15) is 23.4 Å². The van der Waals surface area contributed by atoms with Crippen LogP contribution < -0.4 is 5.32 Å². The summed E-state index contributed by atoms with van der Waals surface area (Å²) >= 11 is 0. The Morgan fingerprint density at radius 2 is 1.94 bits per heavy atom. The van der Waals surface area contributed by atoms with Gasteiger partial charge in [0.2, 0.25) is 0 Å². The van der Waals surface area contributed by atoms with E-state index in [1.165, 1.54) is 16.9 Å². The van der Waals surface area contributed by atoms with Crippen LogP contribution in [0.5, 0.6) is 0 Å². The lowest BCUT2D eigenvalue weighted by atomic mass is 10.0. The van der Waals surface area contributed by atoms with Crippen molar-refractivity contribution in [3.63, 3.8) is 0 Å². The van der Waals surface area contributed by atoms with Gasteiger partial charge in [0.05, 0.1) is 23.0 Å². The third kappa shape index (κ3) is 4.61. The maximum absolute atomic E-state index is 13.1. The number of anilines is 1. The first kappa shape index (κ1) is 22.2. The number of hydrogen-bond donors (Lipinski definition) is 2. The van der Waals surface area contributed by atoms with Crippen molar-refractivity contribution >= 4 is 11.6 Å². The van der Waals surface area contributed by atoms with E-state index in [4.69, 9.17) is 0 Å². The van der Waals surface area contributed by atoms with Gasteiger partial charge in [-0.3, -0.25) is 9.89 Å². The number of aromatic amines is 1. The molecule has 11 heteroatoms. The number of hydrogen-bond acceptors (Lipinski definition) is 5. The molecule has 8 nitrogen and oxygen atoms in total. The molecule has 0 saturated heterocycles. The lowest BCUT2D eigenvalue weighted by Gasteiger charge is -2.13. The highest BCUT2D eigenvalue weighted by molar-refractivity contribution is 6.05. The van der Waals surface area contributed by atoms with Crippen LogP contribution in [0.2, 0.25) is 0 Å². The first-order chi connectivity index (χ1) is 15.6. The standard InChI is InChI=1S/C22H20F3N7O/c1-12(2)19-17(11-27-32(19)18-8-7-15(10-26-18)22(23,24)25)21(33)29-16-6-4-5-14(9-16)20-28-13(3)30-31-20/h4-12H,1-3H3,(H,29,33)(H,28,30,31). The molecule has 3 heterocycles. The van der Waals surface area contributed by atoms with Crippen LogP contribution in [0.4, 0.5) is 18.9 Å². The van der Waals surface area contributed by atoms with E-state index in [9.17, 15) is 18.0 Å². The molecular formula is C22H20F3N7O. The summed E-state index contributed by atoms with van der Waals surface area (Å²) in [5.41, 5.74) is 1.23. The molecule has 0 aliphatic heterocycles. The van der Waals surface area contributed by atoms with Gasteiger partial charge in [0, 0.05) is 17.4 Å². The second-order valence-electron chi connectivity index (χ2n) is 7.69. The van der Waals surface area contributed by atoms with Crippen LogP contribution in [0.1, 0.15) is 47.2 Å². The van der Waals surface area contributed by atoms with Gasteiger partial charge < -0.3 is 5.32 Å². The third-order valence-electron chi connectivity index (χ3n) is 4.87. The molecule has 3 aromatic heterocycles. The first-order valence-electron chi connectivity index (χ1n) is 10.1. The summed E-state index contributed by atoms with van der Waals surface area (Å²) in [5.74, 6) is 0.811. The summed E-state index contributed by atoms with van der Waals surface area (Å²) in [4.78, 5) is 21.2. The number of rotatable bonds is 5. The molecular weight excluding hydrogens is 435 g/mol. The molecule has 33 heavy (non-hydrogen) atoms. The summed E-state index contributed by atoms with van der Waals surface area (Å²) < 4.78 is 40.0. The molecule has 0 unspecified atom stereocenters. The highest BCUT2D eigenvalue weighted by atomic mass is 19.4. The quantitative estimate of drug-likeness (QED) is 0.452. The van der Waals surface area contributed by atoms with Crippen molar-refractivity contribution in [3.05, 3.63) is 71.4 Å². The van der Waals surface area contributed by atoms with E-state index >= 15 is 0 Å². The molecule has 0 spiro atoms. The van der Waals surface area contributed by atoms with Crippen LogP contribution in [0, 0.1) is 6.92 Å². The minimum atomic E-state index is -4.49. The second kappa shape index (κ2) is 8.49. The van der Waals surface area contributed by atoms with Crippen molar-refractivity contribution < 1.29 is 18.0 Å². The molecule has 0 bridgehead atoms. The van der Waals surface area contributed by atoms with Crippen LogP contribution in [0.15, 0.2) is 48.8 Å². The molecule has 0 saturated carbocycles. The Bertz CT molecular complexity index is 1290. The molecule has 4 aromatic rings. The molecule has 0 aliphatic carbocycles. The minimum absolute atomic E-state index is 0.153. The van der Waals surface area contributed by atoms with Crippen LogP contribution in [0.3, 0.4) is 0 Å². The largest absolute Gasteiger partial charge is 0.417 e. The van der Waals surface area contributed by atoms with Crippen molar-refractivity contribution in [2.45, 2.75) is 32.9 Å². The molecule has 2 N–H and O–H groups in total. The molecule has 0 atom stereocenters. The Balaban J connectivity index is 1.62. The maximum Gasteiger partial charge on any atom is 0.417 e. The number of aryl methyl sites for hydroxylation is 1. The number of benzene rings is 1. The lowest BCUT2D eigenvalue weighted by molar-refractivity contribution is -0.137. The molecule has 1 aromatic carbocycles. The van der Waals surface area contributed by atoms with Crippen LogP contribution in [0.25, 0.3) is 17.2 Å². The number of halogens is 3. The number of alkyl halides is 3. The number of nitrogens with zero attached hydrogens (tertiary/aromatic N) is 5. The zero-order valence-corrected chi connectivity index (χ0v) is 18.0. The number of nitrogens with one attached hydrogen (secondary N) is 2. The molecule has 1 amide bonds. The topological polar surface area (TPSA) is 101 Å². The smallest absolute Gasteiger partial charge is 0.322 e. The van der Waals surface area contributed by atoms with Gasteiger partial charge in [0.25, 0.3) is 5.91 Å². The summed E-state index contributed by atoms with van der Waals surface area (Å²) in [6, 6.07) is 9.24. The predicted octanol–water partition coefficient (Wildman–Crippen LogP) is 4.76. The van der Waals surface area contributed by atoms with Crippen molar-refractivity contribution in [1.29, 1.82) is 0 Å². The summed E-state index contributed by atoms with van der Waals surface area (Å²) in [5, 5.41) is 14.0. The molecule has 0 fully saturated rings. The SMILES string of the molecule is Cc1nc(-c2cccc(NC(=O)c3cnn(-c4ccc(C(F)(F)F)cn4)c3C(C)C)c2)n[nH]1. The Morgan fingerprint density at radius 1 is 1.15 bits per heavy atom. The monoisotopic (exact) mass is 455 g/mol. The number of aromatic nitrogens is 6. The average Bonchev–Trinajstić information content (AvgIpc) is 3.40. The fraction of sp³-hybridized carbons (Fsp3) is 0.227. The van der Waals surface area contributed by atoms with E-state index in [2.05, 4.69) is 30.6 Å². The van der Waals surface area contributed by atoms with Gasteiger partial charge in [-0.05, 0) is 37.1 Å². The number of amides is 1. The summed E-state index contributed by atoms with van der Waals surface area (Å²) in [7, 11) is 0. The van der Waals surface area contributed by atoms with Gasteiger partial charge in [0.1, 0.15) is 5.82 Å². The normalized spacial score (nSPS) is 11.7. The zero-order chi connectivity index (χ0) is 23.8. The highest BCUT2D eigenvalue weighted by Gasteiger charge is 2.31. The van der Waals surface area contributed by atoms with Gasteiger partial charge >= 0.3 is 6.18 Å². The summed E-state index contributed by atoms with van der Waals surface area (Å²) in [6.45, 7) is 5.51. The van der Waals surface area contributed by atoms with E-state index in [1.807, 2.05) is 19.9 Å². The zero-order valence-electron chi connectivity index (χ0n) is 18.0. The Hall–Kier alpha value is -4.02. The van der Waals surface area contributed by atoms with Crippen molar-refractivity contribution in [3.8, 4) is 17.2 Å². The Kier molecular flexibility index (Phi) is 5.71. The van der Waals surface area contributed by atoms with Gasteiger partial charge in [-0.1, -0.05) is 26.0 Å². The van der Waals surface area contributed by atoms with E-state index in [-0.39, 0.29) is 11.7 Å². The van der Waals surface area contributed by atoms with Crippen LogP contribution in [-0.2, 0) is 6.18 Å². The molecule has 4 rings (SSSR count). The minimum Gasteiger partial charge on any atom is -0.322 e. The maximum atomic E-state index is 13.1. The van der Waals surface area contributed by atoms with Crippen LogP contribution in [-0.4, -0.2) is 35.9 Å². The molecule has 0 radical (unpaired) electrons. The van der Waals surface area contributed by atoms with Gasteiger partial charge in [-0.15, -0.1) is 0 Å². The summed E-state index contributed by atoms with van der Waals surface area (Å²) in [6.07, 6.45) is -2.36. The number of pyridine rings is 1.